The normalized spacial score (nSPS) is 11.9. The van der Waals surface area contributed by atoms with Crippen molar-refractivity contribution in [1.29, 1.82) is 0 Å². The Balaban J connectivity index is 0.00000280. The molecule has 2 N–H and O–H groups in total. The van der Waals surface area contributed by atoms with E-state index in [1.165, 1.54) is 16.9 Å². The fourth-order valence-corrected chi connectivity index (χ4v) is 3.69. The molecule has 0 fully saturated rings. The smallest absolute Gasteiger partial charge is 0.247 e. The Kier molecular flexibility index (Phi) is 7.74. The average Bonchev–Trinajstić information content (AvgIpc) is 3.25. The van der Waals surface area contributed by atoms with Crippen molar-refractivity contribution in [3.8, 4) is 11.3 Å². The van der Waals surface area contributed by atoms with Gasteiger partial charge < -0.3 is 10.6 Å². The van der Waals surface area contributed by atoms with Crippen LogP contribution in [0.4, 0.5) is 5.13 Å². The third-order valence-electron chi connectivity index (χ3n) is 4.24. The van der Waals surface area contributed by atoms with E-state index in [0.717, 1.165) is 23.2 Å². The number of anilines is 1. The largest absolute Gasteiger partial charge is 0.305 e. The van der Waals surface area contributed by atoms with Gasteiger partial charge in [-0.2, -0.15) is 5.10 Å². The van der Waals surface area contributed by atoms with Gasteiger partial charge in [0, 0.05) is 29.8 Å². The Bertz CT molecular complexity index is 903. The number of amides is 1. The Morgan fingerprint density at radius 2 is 1.96 bits per heavy atom. The van der Waals surface area contributed by atoms with Crippen LogP contribution in [0.15, 0.2) is 42.0 Å². The van der Waals surface area contributed by atoms with Gasteiger partial charge in [-0.1, -0.05) is 38.1 Å². The fourth-order valence-electron chi connectivity index (χ4n) is 2.96. The lowest BCUT2D eigenvalue weighted by Crippen LogP contribution is -2.30. The molecule has 1 unspecified atom stereocenters. The number of nitrogens with one attached hydrogen (secondary N) is 2. The van der Waals surface area contributed by atoms with Gasteiger partial charge in [0.25, 0.3) is 0 Å². The second kappa shape index (κ2) is 9.82. The molecule has 2 aromatic heterocycles. The standard InChI is InChI=1S/C20H25N5OS.ClH/c1-13(2)9-14-5-7-15(8-6-14)17-12-27-20(23-17)24-19(26)18(21-3)16-10-22-25(4)11-16;/h5-8,10-13,18,21H,9H2,1-4H3,(H,23,24,26);1H. The predicted octanol–water partition coefficient (Wildman–Crippen LogP) is 4.06. The summed E-state index contributed by atoms with van der Waals surface area (Å²) in [7, 11) is 3.58. The number of aryl methyl sites for hydroxylation is 1. The maximum absolute atomic E-state index is 12.6. The van der Waals surface area contributed by atoms with Crippen molar-refractivity contribution in [3.05, 3.63) is 53.2 Å². The van der Waals surface area contributed by atoms with Gasteiger partial charge in [0.15, 0.2) is 5.13 Å². The number of hydrogen-bond donors (Lipinski definition) is 2. The van der Waals surface area contributed by atoms with E-state index in [4.69, 9.17) is 0 Å². The third kappa shape index (κ3) is 5.41. The first-order chi connectivity index (χ1) is 13.0. The number of hydrogen-bond acceptors (Lipinski definition) is 5. The summed E-state index contributed by atoms with van der Waals surface area (Å²) in [4.78, 5) is 17.2. The van der Waals surface area contributed by atoms with E-state index in [2.05, 4.69) is 58.8 Å². The molecule has 6 nitrogen and oxygen atoms in total. The van der Waals surface area contributed by atoms with Crippen molar-refractivity contribution in [2.75, 3.05) is 12.4 Å². The summed E-state index contributed by atoms with van der Waals surface area (Å²) in [5.74, 6) is 0.482. The molecular formula is C20H26ClN5OS. The van der Waals surface area contributed by atoms with E-state index in [-0.39, 0.29) is 18.3 Å². The zero-order chi connectivity index (χ0) is 19.4. The monoisotopic (exact) mass is 419 g/mol. The number of likely N-dealkylation sites (N-methyl/N-ethyl adjacent to an activating group) is 1. The summed E-state index contributed by atoms with van der Waals surface area (Å²) >= 11 is 1.42. The summed E-state index contributed by atoms with van der Waals surface area (Å²) in [5.41, 5.74) is 4.06. The van der Waals surface area contributed by atoms with Crippen molar-refractivity contribution in [2.45, 2.75) is 26.3 Å². The maximum atomic E-state index is 12.6. The first-order valence-corrected chi connectivity index (χ1v) is 9.85. The Morgan fingerprint density at radius 1 is 1.25 bits per heavy atom. The number of rotatable bonds is 7. The topological polar surface area (TPSA) is 71.8 Å². The molecule has 3 aromatic rings. The van der Waals surface area contributed by atoms with Crippen molar-refractivity contribution in [2.24, 2.45) is 13.0 Å². The molecule has 0 bridgehead atoms. The summed E-state index contributed by atoms with van der Waals surface area (Å²) in [6, 6.07) is 7.99. The van der Waals surface area contributed by atoms with Crippen LogP contribution in [0.2, 0.25) is 0 Å². The van der Waals surface area contributed by atoms with Crippen LogP contribution in [-0.2, 0) is 18.3 Å². The molecule has 0 aliphatic heterocycles. The Labute approximate surface area is 175 Å². The number of aromatic nitrogens is 3. The molecule has 0 aliphatic rings. The van der Waals surface area contributed by atoms with Crippen molar-refractivity contribution in [3.63, 3.8) is 0 Å². The van der Waals surface area contributed by atoms with Gasteiger partial charge in [-0.15, -0.1) is 23.7 Å². The molecule has 150 valence electrons. The molecule has 1 aromatic carbocycles. The number of halogens is 1. The molecule has 3 rings (SSSR count). The molecule has 0 saturated heterocycles. The average molecular weight is 420 g/mol. The molecule has 2 heterocycles. The van der Waals surface area contributed by atoms with Gasteiger partial charge >= 0.3 is 0 Å². The third-order valence-corrected chi connectivity index (χ3v) is 4.99. The van der Waals surface area contributed by atoms with E-state index < -0.39 is 6.04 Å². The molecular weight excluding hydrogens is 394 g/mol. The van der Waals surface area contributed by atoms with Crippen LogP contribution in [0.25, 0.3) is 11.3 Å². The minimum atomic E-state index is -0.471. The highest BCUT2D eigenvalue weighted by molar-refractivity contribution is 7.14. The molecule has 28 heavy (non-hydrogen) atoms. The van der Waals surface area contributed by atoms with Crippen LogP contribution in [0.1, 0.15) is 31.0 Å². The molecule has 0 spiro atoms. The highest BCUT2D eigenvalue weighted by atomic mass is 35.5. The lowest BCUT2D eigenvalue weighted by molar-refractivity contribution is -0.118. The predicted molar refractivity (Wildman–Crippen MR) is 117 cm³/mol. The van der Waals surface area contributed by atoms with Crippen molar-refractivity contribution in [1.82, 2.24) is 20.1 Å². The summed E-state index contributed by atoms with van der Waals surface area (Å²) in [6.07, 6.45) is 4.58. The van der Waals surface area contributed by atoms with Gasteiger partial charge in [-0.25, -0.2) is 4.98 Å². The minimum absolute atomic E-state index is 0. The van der Waals surface area contributed by atoms with Crippen LogP contribution in [0.3, 0.4) is 0 Å². The highest BCUT2D eigenvalue weighted by Crippen LogP contribution is 2.26. The first kappa shape index (κ1) is 22.1. The number of thiazole rings is 1. The molecule has 1 amide bonds. The zero-order valence-electron chi connectivity index (χ0n) is 16.5. The zero-order valence-corrected chi connectivity index (χ0v) is 18.1. The highest BCUT2D eigenvalue weighted by Gasteiger charge is 2.21. The van der Waals surface area contributed by atoms with Crippen LogP contribution in [-0.4, -0.2) is 27.7 Å². The number of benzene rings is 1. The van der Waals surface area contributed by atoms with Crippen molar-refractivity contribution >= 4 is 34.8 Å². The summed E-state index contributed by atoms with van der Waals surface area (Å²) in [5, 5.41) is 12.6. The molecule has 1 atom stereocenters. The van der Waals surface area contributed by atoms with E-state index in [9.17, 15) is 4.79 Å². The van der Waals surface area contributed by atoms with Crippen LogP contribution in [0, 0.1) is 5.92 Å². The number of nitrogens with zero attached hydrogens (tertiary/aromatic N) is 3. The lowest BCUT2D eigenvalue weighted by Gasteiger charge is -2.13. The van der Waals surface area contributed by atoms with Crippen molar-refractivity contribution < 1.29 is 4.79 Å². The first-order valence-electron chi connectivity index (χ1n) is 8.97. The molecule has 0 saturated carbocycles. The summed E-state index contributed by atoms with van der Waals surface area (Å²) in [6.45, 7) is 4.43. The lowest BCUT2D eigenvalue weighted by atomic mass is 10.0. The van der Waals surface area contributed by atoms with Gasteiger partial charge in [0.1, 0.15) is 6.04 Å². The van der Waals surface area contributed by atoms with Gasteiger partial charge in [0.05, 0.1) is 11.9 Å². The van der Waals surface area contributed by atoms with E-state index in [1.807, 2.05) is 18.6 Å². The molecule has 0 radical (unpaired) electrons. The Morgan fingerprint density at radius 3 is 2.54 bits per heavy atom. The van der Waals surface area contributed by atoms with E-state index >= 15 is 0 Å². The van der Waals surface area contributed by atoms with E-state index in [0.29, 0.717) is 11.0 Å². The van der Waals surface area contributed by atoms with Crippen LogP contribution >= 0.6 is 23.7 Å². The van der Waals surface area contributed by atoms with E-state index in [1.54, 1.807) is 17.9 Å². The van der Waals surface area contributed by atoms with Gasteiger partial charge in [-0.3, -0.25) is 9.48 Å². The summed E-state index contributed by atoms with van der Waals surface area (Å²) < 4.78 is 1.68. The quantitative estimate of drug-likeness (QED) is 0.605. The fraction of sp³-hybridized carbons (Fsp3) is 0.350. The van der Waals surface area contributed by atoms with Gasteiger partial charge in [0.2, 0.25) is 5.91 Å². The number of carbonyl (C=O) groups excluding carboxylic acids is 1. The molecule has 0 aliphatic carbocycles. The Hall–Kier alpha value is -2.22. The second-order valence-electron chi connectivity index (χ2n) is 6.99. The van der Waals surface area contributed by atoms with Crippen LogP contribution in [0.5, 0.6) is 0 Å². The molecule has 8 heteroatoms. The maximum Gasteiger partial charge on any atom is 0.247 e. The van der Waals surface area contributed by atoms with Gasteiger partial charge in [-0.05, 0) is 24.9 Å². The van der Waals surface area contributed by atoms with Crippen LogP contribution < -0.4 is 10.6 Å². The minimum Gasteiger partial charge on any atom is -0.305 e. The second-order valence-corrected chi connectivity index (χ2v) is 7.85. The number of carbonyl (C=O) groups is 1. The SMILES string of the molecule is CNC(C(=O)Nc1nc(-c2ccc(CC(C)C)cc2)cs1)c1cnn(C)c1.Cl.